The van der Waals surface area contributed by atoms with E-state index in [-0.39, 0.29) is 12.6 Å². The van der Waals surface area contributed by atoms with Crippen molar-refractivity contribution in [1.82, 2.24) is 0 Å². The van der Waals surface area contributed by atoms with Crippen LogP contribution in [0.4, 0.5) is 0 Å². The zero-order valence-corrected chi connectivity index (χ0v) is 7.70. The predicted molar refractivity (Wildman–Crippen MR) is 44.8 cm³/mol. The molecule has 72 valence electrons. The molecule has 0 aromatic rings. The molecule has 1 aliphatic heterocycles. The third-order valence-corrected chi connectivity index (χ3v) is 2.12. The van der Waals surface area contributed by atoms with Gasteiger partial charge < -0.3 is 9.47 Å². The van der Waals surface area contributed by atoms with Crippen LogP contribution in [0.3, 0.4) is 0 Å². The lowest BCUT2D eigenvalue weighted by molar-refractivity contribution is -0.149. The number of hydrogen-bond donors (Lipinski definition) is 0. The van der Waals surface area contributed by atoms with Gasteiger partial charge in [-0.15, -0.1) is 0 Å². The van der Waals surface area contributed by atoms with Crippen molar-refractivity contribution in [3.8, 4) is 0 Å². The third-order valence-electron chi connectivity index (χ3n) is 2.12. The average Bonchev–Trinajstić information content (AvgIpc) is 2.31. The summed E-state index contributed by atoms with van der Waals surface area (Å²) in [5.74, 6) is -0.870. The molecule has 4 heteroatoms. The summed E-state index contributed by atoms with van der Waals surface area (Å²) >= 11 is 0. The van der Waals surface area contributed by atoms with E-state index in [1.54, 1.807) is 13.8 Å². The second-order valence-electron chi connectivity index (χ2n) is 3.45. The van der Waals surface area contributed by atoms with E-state index in [1.807, 2.05) is 0 Å². The maximum absolute atomic E-state index is 11.1. The number of carbonyl (C=O) groups is 2. The normalized spacial score (nSPS) is 25.1. The molecule has 1 aliphatic rings. The minimum absolute atomic E-state index is 0.130. The van der Waals surface area contributed by atoms with Crippen LogP contribution in [0.25, 0.3) is 0 Å². The van der Waals surface area contributed by atoms with Gasteiger partial charge in [-0.2, -0.15) is 0 Å². The maximum atomic E-state index is 11.1. The molecule has 1 atom stereocenters. The van der Waals surface area contributed by atoms with Crippen LogP contribution >= 0.6 is 0 Å². The quantitative estimate of drug-likeness (QED) is 0.467. The summed E-state index contributed by atoms with van der Waals surface area (Å²) in [4.78, 5) is 22.0. The SMILES string of the molecule is C=CC(=O)O[C@H]1COC(=O)C1(C)C. The Kier molecular flexibility index (Phi) is 2.40. The van der Waals surface area contributed by atoms with E-state index < -0.39 is 17.5 Å². The third kappa shape index (κ3) is 1.71. The van der Waals surface area contributed by atoms with Gasteiger partial charge in [-0.3, -0.25) is 4.79 Å². The summed E-state index contributed by atoms with van der Waals surface area (Å²) in [5.41, 5.74) is -0.751. The van der Waals surface area contributed by atoms with Gasteiger partial charge in [0.15, 0.2) is 6.10 Å². The summed E-state index contributed by atoms with van der Waals surface area (Å²) in [6.07, 6.45) is 0.560. The minimum atomic E-state index is -0.751. The van der Waals surface area contributed by atoms with E-state index in [1.165, 1.54) is 0 Å². The molecule has 0 aromatic carbocycles. The first-order valence-corrected chi connectivity index (χ1v) is 3.98. The number of hydrogen-bond acceptors (Lipinski definition) is 4. The maximum Gasteiger partial charge on any atom is 0.330 e. The van der Waals surface area contributed by atoms with Crippen molar-refractivity contribution >= 4 is 11.9 Å². The van der Waals surface area contributed by atoms with Crippen LogP contribution in [0, 0.1) is 5.41 Å². The highest BCUT2D eigenvalue weighted by atomic mass is 16.6. The highest BCUT2D eigenvalue weighted by Gasteiger charge is 2.47. The molecule has 4 nitrogen and oxygen atoms in total. The second-order valence-corrected chi connectivity index (χ2v) is 3.45. The molecule has 0 N–H and O–H groups in total. The fourth-order valence-electron chi connectivity index (χ4n) is 1.05. The molecule has 1 saturated heterocycles. The topological polar surface area (TPSA) is 52.6 Å². The van der Waals surface area contributed by atoms with Crippen molar-refractivity contribution in [3.63, 3.8) is 0 Å². The van der Waals surface area contributed by atoms with Crippen molar-refractivity contribution in [1.29, 1.82) is 0 Å². The summed E-state index contributed by atoms with van der Waals surface area (Å²) in [5, 5.41) is 0. The van der Waals surface area contributed by atoms with Crippen LogP contribution in [-0.4, -0.2) is 24.6 Å². The highest BCUT2D eigenvalue weighted by Crippen LogP contribution is 2.31. The van der Waals surface area contributed by atoms with E-state index in [0.717, 1.165) is 6.08 Å². The second kappa shape index (κ2) is 3.20. The Morgan fingerprint density at radius 1 is 1.77 bits per heavy atom. The molecule has 0 saturated carbocycles. The zero-order chi connectivity index (χ0) is 10.1. The van der Waals surface area contributed by atoms with Crippen molar-refractivity contribution in [2.24, 2.45) is 5.41 Å². The van der Waals surface area contributed by atoms with Crippen molar-refractivity contribution in [2.75, 3.05) is 6.61 Å². The average molecular weight is 184 g/mol. The Bertz CT molecular complexity index is 254. The lowest BCUT2D eigenvalue weighted by Crippen LogP contribution is -2.34. The van der Waals surface area contributed by atoms with Crippen LogP contribution in [0.2, 0.25) is 0 Å². The van der Waals surface area contributed by atoms with Gasteiger partial charge in [0.05, 0.1) is 0 Å². The number of cyclic esters (lactones) is 1. The lowest BCUT2D eigenvalue weighted by Gasteiger charge is -2.20. The molecule has 0 unspecified atom stereocenters. The predicted octanol–water partition coefficient (Wildman–Crippen LogP) is 0.667. The fraction of sp³-hybridized carbons (Fsp3) is 0.556. The minimum Gasteiger partial charge on any atom is -0.461 e. The van der Waals surface area contributed by atoms with Crippen molar-refractivity contribution < 1.29 is 19.1 Å². The fourth-order valence-corrected chi connectivity index (χ4v) is 1.05. The summed E-state index contributed by atoms with van der Waals surface area (Å²) in [6, 6.07) is 0. The number of esters is 2. The molecular formula is C9H12O4. The number of carbonyl (C=O) groups excluding carboxylic acids is 2. The van der Waals surface area contributed by atoms with E-state index in [4.69, 9.17) is 9.47 Å². The van der Waals surface area contributed by atoms with Crippen LogP contribution in [0.15, 0.2) is 12.7 Å². The summed E-state index contributed by atoms with van der Waals surface area (Å²) in [6.45, 7) is 6.77. The van der Waals surface area contributed by atoms with Gasteiger partial charge in [0.1, 0.15) is 12.0 Å². The summed E-state index contributed by atoms with van der Waals surface area (Å²) < 4.78 is 9.72. The molecule has 0 spiro atoms. The van der Waals surface area contributed by atoms with Gasteiger partial charge >= 0.3 is 11.9 Å². The molecule has 0 aromatic heterocycles. The lowest BCUT2D eigenvalue weighted by atomic mass is 9.89. The Labute approximate surface area is 76.5 Å². The van der Waals surface area contributed by atoms with E-state index in [9.17, 15) is 9.59 Å². The molecule has 0 amide bonds. The molecule has 1 fully saturated rings. The standard InChI is InChI=1S/C9H12O4/c1-4-7(10)13-6-5-12-8(11)9(6,2)3/h4,6H,1,5H2,2-3H3/t6-/m0/s1. The van der Waals surface area contributed by atoms with Crippen LogP contribution in [-0.2, 0) is 19.1 Å². The van der Waals surface area contributed by atoms with Crippen LogP contribution < -0.4 is 0 Å². The Hall–Kier alpha value is -1.32. The highest BCUT2D eigenvalue weighted by molar-refractivity contribution is 5.83. The van der Waals surface area contributed by atoms with Gasteiger partial charge in [0.25, 0.3) is 0 Å². The molecular weight excluding hydrogens is 172 g/mol. The molecule has 0 radical (unpaired) electrons. The van der Waals surface area contributed by atoms with E-state index in [2.05, 4.69) is 6.58 Å². The van der Waals surface area contributed by atoms with Crippen LogP contribution in [0.5, 0.6) is 0 Å². The first-order chi connectivity index (χ1) is 5.98. The van der Waals surface area contributed by atoms with Gasteiger partial charge in [-0.1, -0.05) is 6.58 Å². The van der Waals surface area contributed by atoms with Crippen LogP contribution in [0.1, 0.15) is 13.8 Å². The van der Waals surface area contributed by atoms with Gasteiger partial charge in [-0.05, 0) is 13.8 Å². The first kappa shape index (κ1) is 9.77. The Balaban J connectivity index is 2.67. The van der Waals surface area contributed by atoms with Crippen molar-refractivity contribution in [2.45, 2.75) is 20.0 Å². The van der Waals surface area contributed by atoms with Gasteiger partial charge in [0.2, 0.25) is 0 Å². The molecule has 0 aliphatic carbocycles. The Morgan fingerprint density at radius 2 is 2.38 bits per heavy atom. The Morgan fingerprint density at radius 3 is 2.77 bits per heavy atom. The van der Waals surface area contributed by atoms with E-state index in [0.29, 0.717) is 0 Å². The number of rotatable bonds is 2. The molecule has 0 bridgehead atoms. The molecule has 13 heavy (non-hydrogen) atoms. The molecule has 1 rings (SSSR count). The first-order valence-electron chi connectivity index (χ1n) is 3.98. The monoisotopic (exact) mass is 184 g/mol. The smallest absolute Gasteiger partial charge is 0.330 e. The van der Waals surface area contributed by atoms with Crippen molar-refractivity contribution in [3.05, 3.63) is 12.7 Å². The largest absolute Gasteiger partial charge is 0.461 e. The van der Waals surface area contributed by atoms with E-state index >= 15 is 0 Å². The summed E-state index contributed by atoms with van der Waals surface area (Å²) in [7, 11) is 0. The zero-order valence-electron chi connectivity index (χ0n) is 7.70. The molecule has 1 heterocycles. The van der Waals surface area contributed by atoms with Gasteiger partial charge in [-0.25, -0.2) is 4.79 Å². The van der Waals surface area contributed by atoms with Gasteiger partial charge in [0, 0.05) is 6.08 Å². The number of ether oxygens (including phenoxy) is 2.